The largest absolute Gasteiger partial charge is 0.493 e. The van der Waals surface area contributed by atoms with Crippen LogP contribution in [0.3, 0.4) is 0 Å². The standard InChI is InChI=1S/C19H22N2O3/c1-14(17-6-3-15(12-20)4-7-17)21-13-16-5-8-18(24-10-9-22)19(11-16)23-2/h3-8,11,14,21-22H,9-10,13H2,1-2H3. The van der Waals surface area contributed by atoms with Gasteiger partial charge in [-0.05, 0) is 42.3 Å². The number of rotatable bonds is 8. The molecular formula is C19H22N2O3. The van der Waals surface area contributed by atoms with Gasteiger partial charge in [0.25, 0.3) is 0 Å². The topological polar surface area (TPSA) is 74.5 Å². The lowest BCUT2D eigenvalue weighted by molar-refractivity contribution is 0.196. The van der Waals surface area contributed by atoms with E-state index in [1.54, 1.807) is 7.11 Å². The lowest BCUT2D eigenvalue weighted by Crippen LogP contribution is -2.18. The molecule has 2 aromatic carbocycles. The first-order chi connectivity index (χ1) is 11.7. The Bertz CT molecular complexity index is 693. The highest BCUT2D eigenvalue weighted by atomic mass is 16.5. The third-order valence-electron chi connectivity index (χ3n) is 3.73. The molecule has 0 fully saturated rings. The summed E-state index contributed by atoms with van der Waals surface area (Å²) in [7, 11) is 1.59. The van der Waals surface area contributed by atoms with Crippen LogP contribution in [0.4, 0.5) is 0 Å². The van der Waals surface area contributed by atoms with Crippen molar-refractivity contribution in [3.63, 3.8) is 0 Å². The maximum Gasteiger partial charge on any atom is 0.161 e. The number of methoxy groups -OCH3 is 1. The first kappa shape index (κ1) is 17.8. The molecule has 0 heterocycles. The maximum absolute atomic E-state index is 8.84. The van der Waals surface area contributed by atoms with Crippen molar-refractivity contribution >= 4 is 0 Å². The first-order valence-electron chi connectivity index (χ1n) is 7.82. The van der Waals surface area contributed by atoms with E-state index in [2.05, 4.69) is 18.3 Å². The Morgan fingerprint density at radius 1 is 1.17 bits per heavy atom. The molecule has 2 N–H and O–H groups in total. The molecule has 1 unspecified atom stereocenters. The predicted octanol–water partition coefficient (Wildman–Crippen LogP) is 2.79. The molecule has 0 aromatic heterocycles. The number of hydrogen-bond donors (Lipinski definition) is 2. The van der Waals surface area contributed by atoms with Crippen molar-refractivity contribution in [3.05, 3.63) is 59.2 Å². The highest BCUT2D eigenvalue weighted by molar-refractivity contribution is 5.43. The van der Waals surface area contributed by atoms with Gasteiger partial charge in [-0.2, -0.15) is 5.26 Å². The number of aliphatic hydroxyl groups excluding tert-OH is 1. The van der Waals surface area contributed by atoms with Gasteiger partial charge in [-0.1, -0.05) is 18.2 Å². The molecule has 126 valence electrons. The molecule has 0 amide bonds. The lowest BCUT2D eigenvalue weighted by atomic mass is 10.1. The van der Waals surface area contributed by atoms with Crippen molar-refractivity contribution in [2.24, 2.45) is 0 Å². The second kappa shape index (κ2) is 8.92. The van der Waals surface area contributed by atoms with Gasteiger partial charge in [0.15, 0.2) is 11.5 Å². The summed E-state index contributed by atoms with van der Waals surface area (Å²) in [5.74, 6) is 1.27. The molecule has 0 saturated heterocycles. The average Bonchev–Trinajstić information content (AvgIpc) is 2.64. The van der Waals surface area contributed by atoms with Crippen LogP contribution in [-0.4, -0.2) is 25.4 Å². The minimum absolute atomic E-state index is 0.0332. The van der Waals surface area contributed by atoms with Gasteiger partial charge in [-0.25, -0.2) is 0 Å². The highest BCUT2D eigenvalue weighted by Gasteiger charge is 2.08. The van der Waals surface area contributed by atoms with E-state index < -0.39 is 0 Å². The van der Waals surface area contributed by atoms with E-state index in [4.69, 9.17) is 19.8 Å². The molecule has 0 aliphatic rings. The molecule has 5 nitrogen and oxygen atoms in total. The normalized spacial score (nSPS) is 11.6. The predicted molar refractivity (Wildman–Crippen MR) is 92.0 cm³/mol. The zero-order valence-corrected chi connectivity index (χ0v) is 14.0. The van der Waals surface area contributed by atoms with Gasteiger partial charge in [0, 0.05) is 12.6 Å². The fourth-order valence-corrected chi connectivity index (χ4v) is 2.33. The maximum atomic E-state index is 8.84. The lowest BCUT2D eigenvalue weighted by Gasteiger charge is -2.16. The Labute approximate surface area is 142 Å². The van der Waals surface area contributed by atoms with Crippen LogP contribution in [0.25, 0.3) is 0 Å². The van der Waals surface area contributed by atoms with Crippen molar-refractivity contribution in [1.82, 2.24) is 5.32 Å². The molecule has 2 rings (SSSR count). The number of hydrogen-bond acceptors (Lipinski definition) is 5. The summed E-state index contributed by atoms with van der Waals surface area (Å²) in [5.41, 5.74) is 2.86. The van der Waals surface area contributed by atoms with Gasteiger partial charge in [-0.15, -0.1) is 0 Å². The Morgan fingerprint density at radius 2 is 1.92 bits per heavy atom. The first-order valence-corrected chi connectivity index (χ1v) is 7.82. The molecule has 0 radical (unpaired) electrons. The van der Waals surface area contributed by atoms with Gasteiger partial charge in [0.1, 0.15) is 6.61 Å². The van der Waals surface area contributed by atoms with Crippen LogP contribution in [0.1, 0.15) is 29.7 Å². The van der Waals surface area contributed by atoms with Crippen LogP contribution < -0.4 is 14.8 Å². The molecule has 0 bridgehead atoms. The number of nitrogens with one attached hydrogen (secondary N) is 1. The number of benzene rings is 2. The number of nitriles is 1. The van der Waals surface area contributed by atoms with E-state index >= 15 is 0 Å². The number of ether oxygens (including phenoxy) is 2. The zero-order chi connectivity index (χ0) is 17.4. The van der Waals surface area contributed by atoms with E-state index in [1.807, 2.05) is 42.5 Å². The van der Waals surface area contributed by atoms with E-state index in [0.717, 1.165) is 11.1 Å². The van der Waals surface area contributed by atoms with Crippen molar-refractivity contribution in [2.45, 2.75) is 19.5 Å². The van der Waals surface area contributed by atoms with Crippen LogP contribution in [0.2, 0.25) is 0 Å². The van der Waals surface area contributed by atoms with Crippen LogP contribution >= 0.6 is 0 Å². The van der Waals surface area contributed by atoms with E-state index in [9.17, 15) is 0 Å². The van der Waals surface area contributed by atoms with Crippen LogP contribution in [-0.2, 0) is 6.54 Å². The zero-order valence-electron chi connectivity index (χ0n) is 14.0. The Kier molecular flexibility index (Phi) is 6.62. The Morgan fingerprint density at radius 3 is 2.54 bits per heavy atom. The van der Waals surface area contributed by atoms with Crippen LogP contribution in [0.15, 0.2) is 42.5 Å². The van der Waals surface area contributed by atoms with Gasteiger partial charge in [0.05, 0.1) is 25.3 Å². The van der Waals surface area contributed by atoms with Crippen molar-refractivity contribution < 1.29 is 14.6 Å². The Balaban J connectivity index is 1.98. The summed E-state index contributed by atoms with van der Waals surface area (Å²) in [4.78, 5) is 0. The number of aliphatic hydroxyl groups is 1. The minimum Gasteiger partial charge on any atom is -0.493 e. The Hall–Kier alpha value is -2.55. The molecule has 0 saturated carbocycles. The smallest absolute Gasteiger partial charge is 0.161 e. The molecule has 24 heavy (non-hydrogen) atoms. The summed E-state index contributed by atoms with van der Waals surface area (Å²) in [6, 6.07) is 15.6. The number of nitrogens with zero attached hydrogens (tertiary/aromatic N) is 1. The molecule has 1 atom stereocenters. The van der Waals surface area contributed by atoms with Crippen LogP contribution in [0, 0.1) is 11.3 Å². The van der Waals surface area contributed by atoms with Crippen LogP contribution in [0.5, 0.6) is 11.5 Å². The summed E-state index contributed by atoms with van der Waals surface area (Å²) >= 11 is 0. The SMILES string of the molecule is COc1cc(CNC(C)c2ccc(C#N)cc2)ccc1OCCO. The molecular weight excluding hydrogens is 304 g/mol. The van der Waals surface area contributed by atoms with Gasteiger partial charge in [-0.3, -0.25) is 0 Å². The minimum atomic E-state index is -0.0332. The van der Waals surface area contributed by atoms with Gasteiger partial charge < -0.3 is 19.9 Å². The molecule has 2 aromatic rings. The molecule has 5 heteroatoms. The summed E-state index contributed by atoms with van der Waals surface area (Å²) < 4.78 is 10.8. The second-order valence-corrected chi connectivity index (χ2v) is 5.39. The third-order valence-corrected chi connectivity index (χ3v) is 3.73. The fourth-order valence-electron chi connectivity index (χ4n) is 2.33. The van der Waals surface area contributed by atoms with Crippen molar-refractivity contribution in [1.29, 1.82) is 5.26 Å². The van der Waals surface area contributed by atoms with Crippen molar-refractivity contribution in [3.8, 4) is 17.6 Å². The van der Waals surface area contributed by atoms with E-state index in [-0.39, 0.29) is 19.3 Å². The van der Waals surface area contributed by atoms with Gasteiger partial charge in [0.2, 0.25) is 0 Å². The highest BCUT2D eigenvalue weighted by Crippen LogP contribution is 2.28. The van der Waals surface area contributed by atoms with Gasteiger partial charge >= 0.3 is 0 Å². The average molecular weight is 326 g/mol. The summed E-state index contributed by atoms with van der Waals surface area (Å²) in [6.45, 7) is 2.97. The molecule has 0 aliphatic carbocycles. The van der Waals surface area contributed by atoms with E-state index in [0.29, 0.717) is 23.6 Å². The quantitative estimate of drug-likeness (QED) is 0.780. The molecule has 0 spiro atoms. The summed E-state index contributed by atoms with van der Waals surface area (Å²) in [6.07, 6.45) is 0. The van der Waals surface area contributed by atoms with E-state index in [1.165, 1.54) is 0 Å². The van der Waals surface area contributed by atoms with Crippen molar-refractivity contribution in [2.75, 3.05) is 20.3 Å². The monoisotopic (exact) mass is 326 g/mol. The molecule has 0 aliphatic heterocycles. The summed E-state index contributed by atoms with van der Waals surface area (Å²) in [5, 5.41) is 21.1. The third kappa shape index (κ3) is 4.72. The second-order valence-electron chi connectivity index (χ2n) is 5.39. The fraction of sp³-hybridized carbons (Fsp3) is 0.316.